The molecule has 0 heterocycles. The Balaban J connectivity index is 2.10. The highest BCUT2D eigenvalue weighted by molar-refractivity contribution is 5.89. The zero-order valence-corrected chi connectivity index (χ0v) is 25.0. The predicted octanol–water partition coefficient (Wildman–Crippen LogP) is 3.80. The van der Waals surface area contributed by atoms with Gasteiger partial charge >= 0.3 is 11.9 Å². The number of aliphatic hydroxyl groups excluding tert-OH is 3. The van der Waals surface area contributed by atoms with Crippen LogP contribution in [0.15, 0.2) is 41.5 Å². The van der Waals surface area contributed by atoms with Crippen LogP contribution < -0.4 is 0 Å². The van der Waals surface area contributed by atoms with Gasteiger partial charge in [-0.15, -0.1) is 0 Å². The van der Waals surface area contributed by atoms with Crippen molar-refractivity contribution in [2.75, 3.05) is 0 Å². The fraction of sp³-hybridized carbons (Fsp3) is 0.688. The van der Waals surface area contributed by atoms with Crippen molar-refractivity contribution < 1.29 is 39.5 Å². The van der Waals surface area contributed by atoms with Crippen molar-refractivity contribution in [2.24, 2.45) is 28.6 Å². The van der Waals surface area contributed by atoms with Crippen LogP contribution in [0.3, 0.4) is 0 Å². The lowest BCUT2D eigenvalue weighted by Gasteiger charge is -2.67. The van der Waals surface area contributed by atoms with E-state index in [9.17, 15) is 30.0 Å². The number of benzene rings is 1. The van der Waals surface area contributed by atoms with E-state index in [4.69, 9.17) is 9.47 Å². The summed E-state index contributed by atoms with van der Waals surface area (Å²) in [6, 6.07) is 8.41. The van der Waals surface area contributed by atoms with Crippen LogP contribution in [0, 0.1) is 28.6 Å². The van der Waals surface area contributed by atoms with Crippen molar-refractivity contribution in [1.82, 2.24) is 0 Å². The molecule has 0 radical (unpaired) electrons. The molecule has 8 nitrogen and oxygen atoms in total. The average Bonchev–Trinajstić information content (AvgIpc) is 2.89. The van der Waals surface area contributed by atoms with E-state index < -0.39 is 70.2 Å². The van der Waals surface area contributed by atoms with Gasteiger partial charge in [0.1, 0.15) is 17.3 Å². The first kappa shape index (κ1) is 30.7. The number of hydrogen-bond acceptors (Lipinski definition) is 8. The lowest BCUT2D eigenvalue weighted by molar-refractivity contribution is -0.298. The summed E-state index contributed by atoms with van der Waals surface area (Å²) in [5.74, 6) is -3.15. The molecule has 1 aromatic carbocycles. The van der Waals surface area contributed by atoms with Gasteiger partial charge in [0.25, 0.3) is 0 Å². The van der Waals surface area contributed by atoms with Gasteiger partial charge in [0.05, 0.1) is 23.9 Å². The second kappa shape index (κ2) is 10.2. The van der Waals surface area contributed by atoms with E-state index in [0.29, 0.717) is 5.57 Å². The molecule has 2 fully saturated rings. The van der Waals surface area contributed by atoms with Gasteiger partial charge in [-0.1, -0.05) is 65.3 Å². The third-order valence-electron chi connectivity index (χ3n) is 11.1. The summed E-state index contributed by atoms with van der Waals surface area (Å²) in [4.78, 5) is 26.4. The van der Waals surface area contributed by atoms with Gasteiger partial charge in [0.2, 0.25) is 0 Å². The molecule has 3 aliphatic rings. The van der Waals surface area contributed by atoms with E-state index in [-0.39, 0.29) is 30.7 Å². The number of carbonyl (C=O) groups excluding carboxylic acids is 2. The fourth-order valence-electron chi connectivity index (χ4n) is 8.72. The van der Waals surface area contributed by atoms with E-state index in [1.165, 1.54) is 6.92 Å². The second-order valence-electron chi connectivity index (χ2n) is 13.2. The molecular formula is C32H46O8. The van der Waals surface area contributed by atoms with Crippen molar-refractivity contribution in [3.05, 3.63) is 47.0 Å². The summed E-state index contributed by atoms with van der Waals surface area (Å²) in [5.41, 5.74) is -3.91. The van der Waals surface area contributed by atoms with Crippen molar-refractivity contribution in [3.63, 3.8) is 0 Å². The Hall–Kier alpha value is -2.26. The van der Waals surface area contributed by atoms with Gasteiger partial charge in [-0.2, -0.15) is 0 Å². The van der Waals surface area contributed by atoms with Crippen LogP contribution in [0.2, 0.25) is 0 Å². The Labute approximate surface area is 237 Å². The zero-order valence-electron chi connectivity index (χ0n) is 25.0. The molecule has 1 aromatic rings. The summed E-state index contributed by atoms with van der Waals surface area (Å²) in [6.45, 7) is 14.3. The topological polar surface area (TPSA) is 134 Å². The minimum atomic E-state index is -1.84. The number of rotatable bonds is 4. The summed E-state index contributed by atoms with van der Waals surface area (Å²) < 4.78 is 12.4. The quantitative estimate of drug-likeness (QED) is 0.324. The summed E-state index contributed by atoms with van der Waals surface area (Å²) >= 11 is 0. The van der Waals surface area contributed by atoms with E-state index in [2.05, 4.69) is 0 Å². The van der Waals surface area contributed by atoms with Gasteiger partial charge in [-0.25, -0.2) is 4.79 Å². The molecule has 2 unspecified atom stereocenters. The molecule has 0 aliphatic heterocycles. The minimum Gasteiger partial charge on any atom is -0.456 e. The van der Waals surface area contributed by atoms with Crippen LogP contribution in [0.25, 0.3) is 0 Å². The molecule has 0 saturated heterocycles. The van der Waals surface area contributed by atoms with E-state index in [1.54, 1.807) is 37.3 Å². The Bertz CT molecular complexity index is 1180. The first-order valence-electron chi connectivity index (χ1n) is 14.4. The molecule has 0 aromatic heterocycles. The first-order valence-corrected chi connectivity index (χ1v) is 14.4. The minimum absolute atomic E-state index is 0.137. The van der Waals surface area contributed by atoms with Gasteiger partial charge < -0.3 is 29.9 Å². The first-order chi connectivity index (χ1) is 18.5. The normalized spacial score (nSPS) is 42.8. The number of esters is 2. The highest BCUT2D eigenvalue weighted by Gasteiger charge is 2.73. The average molecular weight is 559 g/mol. The van der Waals surface area contributed by atoms with E-state index in [0.717, 1.165) is 5.57 Å². The lowest BCUT2D eigenvalue weighted by atomic mass is 9.42. The Morgan fingerprint density at radius 3 is 2.20 bits per heavy atom. The zero-order chi connectivity index (χ0) is 30.0. The number of fused-ring (bicyclic) bond motifs is 3. The molecule has 8 heteroatoms. The van der Waals surface area contributed by atoms with Gasteiger partial charge in [-0.05, 0) is 43.4 Å². The van der Waals surface area contributed by atoms with Gasteiger partial charge in [0, 0.05) is 36.0 Å². The van der Waals surface area contributed by atoms with Crippen LogP contribution in [0.1, 0.15) is 85.0 Å². The molecule has 4 rings (SSSR count). The number of hydrogen-bond donors (Lipinski definition) is 4. The van der Waals surface area contributed by atoms with Crippen LogP contribution in [-0.2, 0) is 14.3 Å². The molecule has 0 amide bonds. The van der Waals surface area contributed by atoms with Crippen LogP contribution in [-0.4, -0.2) is 68.0 Å². The SMILES string of the molecule is CC[C@@]1(OC(C)=O)C2C(OC(=O)c3ccccc3)[C@]3(O)C[C@H](O)C(C)=C([C@@H](C)[C@@H](O)[C@]2(C)[C@@H](C)C[C@H]1O)C3(C)C. The summed E-state index contributed by atoms with van der Waals surface area (Å²) in [5, 5.41) is 48.2. The summed E-state index contributed by atoms with van der Waals surface area (Å²) in [7, 11) is 0. The number of aliphatic hydroxyl groups is 4. The predicted molar refractivity (Wildman–Crippen MR) is 149 cm³/mol. The lowest BCUT2D eigenvalue weighted by Crippen LogP contribution is -2.76. The highest BCUT2D eigenvalue weighted by Crippen LogP contribution is 2.65. The molecule has 2 bridgehead atoms. The molecule has 222 valence electrons. The largest absolute Gasteiger partial charge is 0.456 e. The van der Waals surface area contributed by atoms with Crippen molar-refractivity contribution in [1.29, 1.82) is 0 Å². The van der Waals surface area contributed by atoms with Crippen LogP contribution in [0.4, 0.5) is 0 Å². The van der Waals surface area contributed by atoms with Crippen LogP contribution in [0.5, 0.6) is 0 Å². The Kier molecular flexibility index (Phi) is 7.85. The maximum Gasteiger partial charge on any atom is 0.338 e. The maximum absolute atomic E-state index is 13.7. The molecule has 40 heavy (non-hydrogen) atoms. The number of carbonyl (C=O) groups is 2. The van der Waals surface area contributed by atoms with Gasteiger partial charge in [-0.3, -0.25) is 4.79 Å². The van der Waals surface area contributed by atoms with Crippen molar-refractivity contribution >= 4 is 11.9 Å². The molecule has 10 atom stereocenters. The summed E-state index contributed by atoms with van der Waals surface area (Å²) in [6.07, 6.45) is -4.36. The standard InChI is InChI=1S/C32H46O8/c1-9-31(40-20(5)33)23(35)15-17(2)30(8)25(31)27(39-28(37)21-13-11-10-12-14-21)32(38)16-22(34)18(3)24(29(32,6)7)19(4)26(30)36/h10-14,17,19,22-23,25-27,34-36,38H,9,15-16H2,1-8H3/t17-,19+,22-,23+,25?,26+,27?,30+,31-,32+/m0/s1. The van der Waals surface area contributed by atoms with Crippen molar-refractivity contribution in [2.45, 2.75) is 110 Å². The van der Waals surface area contributed by atoms with Crippen LogP contribution >= 0.6 is 0 Å². The smallest absolute Gasteiger partial charge is 0.338 e. The molecule has 2 saturated carbocycles. The molecule has 0 spiro atoms. The van der Waals surface area contributed by atoms with Crippen molar-refractivity contribution in [3.8, 4) is 0 Å². The molecule has 4 N–H and O–H groups in total. The monoisotopic (exact) mass is 558 g/mol. The Morgan fingerprint density at radius 1 is 1.05 bits per heavy atom. The fourth-order valence-corrected chi connectivity index (χ4v) is 8.72. The Morgan fingerprint density at radius 2 is 1.65 bits per heavy atom. The number of ether oxygens (including phenoxy) is 2. The highest BCUT2D eigenvalue weighted by atomic mass is 16.6. The molecule has 3 aliphatic carbocycles. The third-order valence-corrected chi connectivity index (χ3v) is 11.1. The van der Waals surface area contributed by atoms with Gasteiger partial charge in [0.15, 0.2) is 0 Å². The van der Waals surface area contributed by atoms with E-state index >= 15 is 0 Å². The van der Waals surface area contributed by atoms with E-state index in [1.807, 2.05) is 41.5 Å². The molecular weight excluding hydrogens is 512 g/mol. The second-order valence-corrected chi connectivity index (χ2v) is 13.2. The maximum atomic E-state index is 13.7. The third kappa shape index (κ3) is 4.17.